The normalized spacial score (nSPS) is 12.8. The van der Waals surface area contributed by atoms with Crippen molar-refractivity contribution < 1.29 is 23.1 Å². The third-order valence-corrected chi connectivity index (χ3v) is 3.62. The molecule has 0 aromatic heterocycles. The van der Waals surface area contributed by atoms with Crippen LogP contribution in [0.4, 0.5) is 23.7 Å². The van der Waals surface area contributed by atoms with E-state index >= 15 is 0 Å². The van der Waals surface area contributed by atoms with Gasteiger partial charge in [0.2, 0.25) is 0 Å². The molecule has 1 atom stereocenters. The summed E-state index contributed by atoms with van der Waals surface area (Å²) in [5.74, 6) is 0. The number of halogens is 4. The summed E-state index contributed by atoms with van der Waals surface area (Å²) in [4.78, 5) is 11.6. The highest BCUT2D eigenvalue weighted by Crippen LogP contribution is 2.40. The van der Waals surface area contributed by atoms with Gasteiger partial charge in [0, 0.05) is 11.4 Å². The summed E-state index contributed by atoms with van der Waals surface area (Å²) in [5.41, 5.74) is 0.211. The van der Waals surface area contributed by atoms with Crippen molar-refractivity contribution in [2.45, 2.75) is 15.8 Å². The topological polar surface area (TPSA) is 61.4 Å². The van der Waals surface area contributed by atoms with Crippen LogP contribution in [0.15, 0.2) is 29.2 Å². The highest BCUT2D eigenvalue weighted by atomic mass is 35.5. The second-order valence-electron chi connectivity index (χ2n) is 3.58. The van der Waals surface area contributed by atoms with E-state index in [1.54, 1.807) is 12.1 Å². The van der Waals surface area contributed by atoms with E-state index in [-0.39, 0.29) is 23.7 Å². The number of urea groups is 1. The van der Waals surface area contributed by atoms with Crippen LogP contribution in [0.2, 0.25) is 0 Å². The van der Waals surface area contributed by atoms with Crippen molar-refractivity contribution in [1.29, 1.82) is 0 Å². The molecule has 0 fully saturated rings. The molecule has 0 radical (unpaired) electrons. The number of carbonyl (C=O) groups excluding carboxylic acids is 1. The fourth-order valence-corrected chi connectivity index (χ4v) is 2.23. The van der Waals surface area contributed by atoms with Crippen LogP contribution in [0.5, 0.6) is 0 Å². The second kappa shape index (κ2) is 7.61. The lowest BCUT2D eigenvalue weighted by atomic mass is 10.3. The van der Waals surface area contributed by atoms with Gasteiger partial charge in [0.15, 0.2) is 4.71 Å². The molecule has 0 aliphatic rings. The lowest BCUT2D eigenvalue weighted by molar-refractivity contribution is -0.113. The predicted molar refractivity (Wildman–Crippen MR) is 72.1 cm³/mol. The van der Waals surface area contributed by atoms with E-state index in [4.69, 9.17) is 16.7 Å². The van der Waals surface area contributed by atoms with Crippen molar-refractivity contribution in [3.05, 3.63) is 24.3 Å². The van der Waals surface area contributed by atoms with Crippen molar-refractivity contribution >= 4 is 35.1 Å². The zero-order valence-electron chi connectivity index (χ0n) is 10.1. The Morgan fingerprint density at radius 2 is 2.05 bits per heavy atom. The van der Waals surface area contributed by atoms with Gasteiger partial charge in [-0.25, -0.2) is 4.79 Å². The van der Waals surface area contributed by atoms with E-state index in [0.29, 0.717) is 11.8 Å². The van der Waals surface area contributed by atoms with Gasteiger partial charge >= 0.3 is 12.2 Å². The Morgan fingerprint density at radius 3 is 2.65 bits per heavy atom. The highest BCUT2D eigenvalue weighted by Gasteiger charge is 2.39. The first-order chi connectivity index (χ1) is 9.34. The molecule has 1 unspecified atom stereocenters. The molecule has 1 rings (SSSR count). The minimum atomic E-state index is -4.54. The first-order valence-electron chi connectivity index (χ1n) is 5.46. The fraction of sp³-hybridized carbons (Fsp3) is 0.364. The molecule has 1 aromatic carbocycles. The van der Waals surface area contributed by atoms with Gasteiger partial charge in [-0.05, 0) is 12.1 Å². The second-order valence-corrected chi connectivity index (χ2v) is 5.42. The lowest BCUT2D eigenvalue weighted by Crippen LogP contribution is -2.31. The summed E-state index contributed by atoms with van der Waals surface area (Å²) in [5, 5.41) is 13.3. The van der Waals surface area contributed by atoms with E-state index in [0.717, 1.165) is 0 Å². The van der Waals surface area contributed by atoms with Gasteiger partial charge in [0.05, 0.1) is 12.3 Å². The molecular weight excluding hydrogens is 317 g/mol. The Balaban J connectivity index is 2.75. The molecule has 0 saturated carbocycles. The average Bonchev–Trinajstić information content (AvgIpc) is 2.37. The SMILES string of the molecule is O=C(NCCO)Nc1ccccc1SC(Cl)C(F)(F)F. The number of alkyl halides is 4. The summed E-state index contributed by atoms with van der Waals surface area (Å²) >= 11 is 5.65. The van der Waals surface area contributed by atoms with Gasteiger partial charge in [0.25, 0.3) is 0 Å². The van der Waals surface area contributed by atoms with Gasteiger partial charge in [-0.15, -0.1) is 11.6 Å². The van der Waals surface area contributed by atoms with E-state index in [1.807, 2.05) is 0 Å². The Bertz CT molecular complexity index is 460. The minimum Gasteiger partial charge on any atom is -0.395 e. The summed E-state index contributed by atoms with van der Waals surface area (Å²) in [6.07, 6.45) is -4.54. The molecule has 112 valence electrons. The monoisotopic (exact) mass is 328 g/mol. The number of anilines is 1. The summed E-state index contributed by atoms with van der Waals surface area (Å²) in [6.45, 7) is -0.191. The molecule has 0 bridgehead atoms. The van der Waals surface area contributed by atoms with Crippen LogP contribution in [-0.2, 0) is 0 Å². The standard InChI is InChI=1S/C11H12ClF3N2O2S/c12-9(11(13,14)15)20-8-4-2-1-3-7(8)17-10(19)16-5-6-18/h1-4,9,18H,5-6H2,(H2,16,17,19). The third-order valence-electron chi connectivity index (χ3n) is 2.02. The third kappa shape index (κ3) is 5.48. The van der Waals surface area contributed by atoms with Gasteiger partial charge < -0.3 is 15.7 Å². The maximum atomic E-state index is 12.4. The highest BCUT2D eigenvalue weighted by molar-refractivity contribution is 8.01. The van der Waals surface area contributed by atoms with Crippen molar-refractivity contribution in [2.75, 3.05) is 18.5 Å². The van der Waals surface area contributed by atoms with E-state index in [9.17, 15) is 18.0 Å². The van der Waals surface area contributed by atoms with Gasteiger partial charge in [-0.3, -0.25) is 0 Å². The van der Waals surface area contributed by atoms with Crippen LogP contribution >= 0.6 is 23.4 Å². The van der Waals surface area contributed by atoms with Gasteiger partial charge in [-0.2, -0.15) is 13.2 Å². The zero-order valence-corrected chi connectivity index (χ0v) is 11.6. The lowest BCUT2D eigenvalue weighted by Gasteiger charge is -2.16. The first-order valence-corrected chi connectivity index (χ1v) is 6.78. The number of aliphatic hydroxyl groups excluding tert-OH is 1. The van der Waals surface area contributed by atoms with Crippen LogP contribution in [0.1, 0.15) is 0 Å². The molecule has 9 heteroatoms. The molecule has 0 aliphatic carbocycles. The number of thioether (sulfide) groups is 1. The zero-order chi connectivity index (χ0) is 15.2. The Labute approximate surface area is 122 Å². The van der Waals surface area contributed by atoms with E-state index in [2.05, 4.69) is 10.6 Å². The number of rotatable bonds is 5. The number of hydrogen-bond acceptors (Lipinski definition) is 3. The van der Waals surface area contributed by atoms with Crippen molar-refractivity contribution in [2.24, 2.45) is 0 Å². The first kappa shape index (κ1) is 16.9. The van der Waals surface area contributed by atoms with Crippen molar-refractivity contribution in [3.8, 4) is 0 Å². The number of aliphatic hydroxyl groups is 1. The van der Waals surface area contributed by atoms with Crippen LogP contribution < -0.4 is 10.6 Å². The van der Waals surface area contributed by atoms with Crippen molar-refractivity contribution in [3.63, 3.8) is 0 Å². The number of para-hydroxylation sites is 1. The minimum absolute atomic E-state index is 0.0435. The molecular formula is C11H12ClF3N2O2S. The maximum Gasteiger partial charge on any atom is 0.414 e. The van der Waals surface area contributed by atoms with Crippen LogP contribution in [0.25, 0.3) is 0 Å². The predicted octanol–water partition coefficient (Wildman–Crippen LogP) is 3.02. The largest absolute Gasteiger partial charge is 0.414 e. The van der Waals surface area contributed by atoms with Crippen LogP contribution in [0.3, 0.4) is 0 Å². The van der Waals surface area contributed by atoms with E-state index in [1.165, 1.54) is 12.1 Å². The van der Waals surface area contributed by atoms with E-state index < -0.39 is 16.9 Å². The molecule has 20 heavy (non-hydrogen) atoms. The number of hydrogen-bond donors (Lipinski definition) is 3. The summed E-state index contributed by atoms with van der Waals surface area (Å²) in [7, 11) is 0. The number of nitrogens with one attached hydrogen (secondary N) is 2. The van der Waals surface area contributed by atoms with Crippen LogP contribution in [-0.4, -0.2) is 35.2 Å². The molecule has 0 heterocycles. The average molecular weight is 329 g/mol. The summed E-state index contributed by atoms with van der Waals surface area (Å²) < 4.78 is 35.1. The molecule has 2 amide bonds. The Kier molecular flexibility index (Phi) is 6.44. The number of benzene rings is 1. The molecule has 0 saturated heterocycles. The number of amides is 2. The maximum absolute atomic E-state index is 12.4. The molecule has 0 spiro atoms. The fourth-order valence-electron chi connectivity index (χ4n) is 1.19. The Morgan fingerprint density at radius 1 is 1.40 bits per heavy atom. The van der Waals surface area contributed by atoms with Crippen LogP contribution in [0, 0.1) is 0 Å². The Hall–Kier alpha value is -1.12. The molecule has 0 aliphatic heterocycles. The molecule has 3 N–H and O–H groups in total. The van der Waals surface area contributed by atoms with Crippen molar-refractivity contribution in [1.82, 2.24) is 5.32 Å². The molecule has 4 nitrogen and oxygen atoms in total. The van der Waals surface area contributed by atoms with Gasteiger partial charge in [-0.1, -0.05) is 23.9 Å². The summed E-state index contributed by atoms with van der Waals surface area (Å²) in [6, 6.07) is 5.38. The van der Waals surface area contributed by atoms with Gasteiger partial charge in [0.1, 0.15) is 0 Å². The number of carbonyl (C=O) groups is 1. The smallest absolute Gasteiger partial charge is 0.395 e. The quantitative estimate of drug-likeness (QED) is 0.575. The molecule has 1 aromatic rings.